The fraction of sp³-hybridized carbons (Fsp3) is 1.00. The van der Waals surface area contributed by atoms with Crippen molar-refractivity contribution in [1.82, 2.24) is 5.32 Å². The Hall–Kier alpha value is -0.0800. The molecule has 2 heteroatoms. The molecule has 1 saturated carbocycles. The Bertz CT molecular complexity index is 150. The van der Waals surface area contributed by atoms with Gasteiger partial charge in [-0.25, -0.2) is 0 Å². The molecule has 0 amide bonds. The van der Waals surface area contributed by atoms with E-state index in [1.165, 1.54) is 19.4 Å². The van der Waals surface area contributed by atoms with Crippen molar-refractivity contribution in [1.29, 1.82) is 0 Å². The summed E-state index contributed by atoms with van der Waals surface area (Å²) in [7, 11) is 0. The molecule has 0 radical (unpaired) electrons. The minimum atomic E-state index is 0.621. The fourth-order valence-corrected chi connectivity index (χ4v) is 1.54. The zero-order valence-electron chi connectivity index (χ0n) is 9.27. The van der Waals surface area contributed by atoms with E-state index in [4.69, 9.17) is 5.73 Å². The molecule has 13 heavy (non-hydrogen) atoms. The Labute approximate surface area is 82.3 Å². The largest absolute Gasteiger partial charge is 0.330 e. The van der Waals surface area contributed by atoms with Crippen molar-refractivity contribution in [2.75, 3.05) is 19.6 Å². The van der Waals surface area contributed by atoms with Gasteiger partial charge in [-0.15, -0.1) is 0 Å². The third-order valence-corrected chi connectivity index (χ3v) is 3.31. The van der Waals surface area contributed by atoms with Crippen molar-refractivity contribution >= 4 is 0 Å². The summed E-state index contributed by atoms with van der Waals surface area (Å²) < 4.78 is 0. The molecule has 1 fully saturated rings. The van der Waals surface area contributed by atoms with Crippen LogP contribution in [0.4, 0.5) is 0 Å². The summed E-state index contributed by atoms with van der Waals surface area (Å²) in [6.45, 7) is 9.92. The van der Waals surface area contributed by atoms with E-state index in [0.717, 1.165) is 13.1 Å². The van der Waals surface area contributed by atoms with Crippen LogP contribution in [0.15, 0.2) is 0 Å². The molecule has 1 rings (SSSR count). The molecular weight excluding hydrogens is 160 g/mol. The van der Waals surface area contributed by atoms with Crippen LogP contribution in [0.25, 0.3) is 0 Å². The second-order valence-electron chi connectivity index (χ2n) is 5.18. The van der Waals surface area contributed by atoms with Gasteiger partial charge in [-0.1, -0.05) is 20.8 Å². The molecule has 3 N–H and O–H groups in total. The monoisotopic (exact) mass is 184 g/mol. The van der Waals surface area contributed by atoms with E-state index in [0.29, 0.717) is 17.3 Å². The Morgan fingerprint density at radius 3 is 2.38 bits per heavy atom. The molecule has 0 aliphatic heterocycles. The summed E-state index contributed by atoms with van der Waals surface area (Å²) in [4.78, 5) is 0. The van der Waals surface area contributed by atoms with E-state index < -0.39 is 0 Å². The summed E-state index contributed by atoms with van der Waals surface area (Å²) in [6, 6.07) is 0. The van der Waals surface area contributed by atoms with Gasteiger partial charge in [-0.05, 0) is 43.2 Å². The van der Waals surface area contributed by atoms with Gasteiger partial charge in [0.1, 0.15) is 0 Å². The van der Waals surface area contributed by atoms with Gasteiger partial charge in [0.15, 0.2) is 0 Å². The molecule has 0 aromatic rings. The standard InChI is InChI=1S/C11H24N2/c1-9(2)10(6-12)7-13-8-11(3)4-5-11/h9-10,13H,4-8,12H2,1-3H3. The van der Waals surface area contributed by atoms with Crippen LogP contribution in [0.5, 0.6) is 0 Å². The zero-order valence-corrected chi connectivity index (χ0v) is 9.27. The predicted octanol–water partition coefficient (Wildman–Crippen LogP) is 1.61. The number of hydrogen-bond donors (Lipinski definition) is 2. The van der Waals surface area contributed by atoms with Gasteiger partial charge in [0.05, 0.1) is 0 Å². The van der Waals surface area contributed by atoms with E-state index in [9.17, 15) is 0 Å². The SMILES string of the molecule is CC(C)C(CN)CNCC1(C)CC1. The smallest absolute Gasteiger partial charge is 0.000529 e. The summed E-state index contributed by atoms with van der Waals surface area (Å²) >= 11 is 0. The van der Waals surface area contributed by atoms with Crippen LogP contribution < -0.4 is 11.1 Å². The molecule has 0 aromatic heterocycles. The maximum Gasteiger partial charge on any atom is 0.000529 e. The molecule has 0 aromatic carbocycles. The van der Waals surface area contributed by atoms with Crippen molar-refractivity contribution in [3.05, 3.63) is 0 Å². The highest BCUT2D eigenvalue weighted by Gasteiger charge is 2.36. The highest BCUT2D eigenvalue weighted by molar-refractivity contribution is 4.90. The van der Waals surface area contributed by atoms with Crippen molar-refractivity contribution in [3.8, 4) is 0 Å². The first-order chi connectivity index (χ1) is 6.07. The molecule has 1 aliphatic carbocycles. The van der Waals surface area contributed by atoms with Gasteiger partial charge in [-0.3, -0.25) is 0 Å². The average Bonchev–Trinajstić information content (AvgIpc) is 2.77. The zero-order chi connectivity index (χ0) is 9.90. The third kappa shape index (κ3) is 3.65. The van der Waals surface area contributed by atoms with E-state index >= 15 is 0 Å². The number of hydrogen-bond acceptors (Lipinski definition) is 2. The molecule has 1 atom stereocenters. The fourth-order valence-electron chi connectivity index (χ4n) is 1.54. The maximum absolute atomic E-state index is 5.70. The van der Waals surface area contributed by atoms with Crippen LogP contribution in [0.3, 0.4) is 0 Å². The van der Waals surface area contributed by atoms with Crippen LogP contribution in [0.1, 0.15) is 33.6 Å². The minimum absolute atomic E-state index is 0.621. The van der Waals surface area contributed by atoms with Crippen molar-refractivity contribution in [3.63, 3.8) is 0 Å². The second kappa shape index (κ2) is 4.43. The summed E-state index contributed by atoms with van der Waals surface area (Å²) in [5.41, 5.74) is 6.32. The predicted molar refractivity (Wildman–Crippen MR) is 57.6 cm³/mol. The van der Waals surface area contributed by atoms with Gasteiger partial charge >= 0.3 is 0 Å². The first kappa shape index (κ1) is 11.0. The van der Waals surface area contributed by atoms with Crippen LogP contribution in [-0.4, -0.2) is 19.6 Å². The average molecular weight is 184 g/mol. The van der Waals surface area contributed by atoms with Crippen molar-refractivity contribution in [2.24, 2.45) is 23.0 Å². The first-order valence-corrected chi connectivity index (χ1v) is 5.48. The summed E-state index contributed by atoms with van der Waals surface area (Å²) in [5.74, 6) is 1.34. The lowest BCUT2D eigenvalue weighted by Gasteiger charge is -2.20. The molecule has 0 spiro atoms. The Kier molecular flexibility index (Phi) is 3.74. The minimum Gasteiger partial charge on any atom is -0.330 e. The highest BCUT2D eigenvalue weighted by atomic mass is 14.9. The van der Waals surface area contributed by atoms with Crippen LogP contribution in [0, 0.1) is 17.3 Å². The lowest BCUT2D eigenvalue weighted by atomic mass is 9.96. The third-order valence-electron chi connectivity index (χ3n) is 3.31. The molecule has 0 saturated heterocycles. The topological polar surface area (TPSA) is 38.0 Å². The lowest BCUT2D eigenvalue weighted by molar-refractivity contribution is 0.355. The first-order valence-electron chi connectivity index (χ1n) is 5.48. The molecular formula is C11H24N2. The van der Waals surface area contributed by atoms with E-state index in [-0.39, 0.29) is 0 Å². The van der Waals surface area contributed by atoms with Crippen molar-refractivity contribution in [2.45, 2.75) is 33.6 Å². The van der Waals surface area contributed by atoms with Gasteiger partial charge in [0, 0.05) is 6.54 Å². The summed E-state index contributed by atoms with van der Waals surface area (Å²) in [5, 5.41) is 3.54. The molecule has 1 aliphatic rings. The molecule has 1 unspecified atom stereocenters. The van der Waals surface area contributed by atoms with Gasteiger partial charge < -0.3 is 11.1 Å². The van der Waals surface area contributed by atoms with Crippen LogP contribution in [0.2, 0.25) is 0 Å². The quantitative estimate of drug-likeness (QED) is 0.658. The number of rotatable bonds is 6. The Balaban J connectivity index is 2.09. The summed E-state index contributed by atoms with van der Waals surface area (Å²) in [6.07, 6.45) is 2.80. The molecule has 2 nitrogen and oxygen atoms in total. The molecule has 78 valence electrons. The van der Waals surface area contributed by atoms with E-state index in [1.54, 1.807) is 0 Å². The Morgan fingerprint density at radius 2 is 2.00 bits per heavy atom. The molecule has 0 bridgehead atoms. The highest BCUT2D eigenvalue weighted by Crippen LogP contribution is 2.44. The lowest BCUT2D eigenvalue weighted by Crippen LogP contribution is -2.34. The van der Waals surface area contributed by atoms with Crippen molar-refractivity contribution < 1.29 is 0 Å². The van der Waals surface area contributed by atoms with E-state index in [1.807, 2.05) is 0 Å². The Morgan fingerprint density at radius 1 is 1.38 bits per heavy atom. The molecule has 0 heterocycles. The van der Waals surface area contributed by atoms with Gasteiger partial charge in [0.2, 0.25) is 0 Å². The second-order valence-corrected chi connectivity index (χ2v) is 5.18. The van der Waals surface area contributed by atoms with E-state index in [2.05, 4.69) is 26.1 Å². The number of nitrogens with two attached hydrogens (primary N) is 1. The van der Waals surface area contributed by atoms with Crippen LogP contribution in [-0.2, 0) is 0 Å². The number of nitrogens with one attached hydrogen (secondary N) is 1. The van der Waals surface area contributed by atoms with Crippen LogP contribution >= 0.6 is 0 Å². The normalized spacial score (nSPS) is 21.9. The maximum atomic E-state index is 5.70. The van der Waals surface area contributed by atoms with Gasteiger partial charge in [-0.2, -0.15) is 0 Å². The van der Waals surface area contributed by atoms with Gasteiger partial charge in [0.25, 0.3) is 0 Å².